The molecule has 0 aliphatic rings. The summed E-state index contributed by atoms with van der Waals surface area (Å²) in [6, 6.07) is 7.90. The molecule has 2 amide bonds. The Morgan fingerprint density at radius 3 is 2.35 bits per heavy atom. The summed E-state index contributed by atoms with van der Waals surface area (Å²) < 4.78 is 5.12. The van der Waals surface area contributed by atoms with E-state index in [4.69, 9.17) is 4.74 Å². The van der Waals surface area contributed by atoms with Crippen LogP contribution in [0.15, 0.2) is 24.3 Å². The molecular weight excluding hydrogens is 292 g/mol. The summed E-state index contributed by atoms with van der Waals surface area (Å²) in [6.45, 7) is 7.99. The Kier molecular flexibility index (Phi) is 7.59. The number of nitrogens with one attached hydrogen (secondary N) is 2. The third-order valence-corrected chi connectivity index (χ3v) is 3.03. The fourth-order valence-electron chi connectivity index (χ4n) is 2.02. The third-order valence-electron chi connectivity index (χ3n) is 3.03. The zero-order valence-electron chi connectivity index (χ0n) is 14.6. The molecule has 23 heavy (non-hydrogen) atoms. The first kappa shape index (κ1) is 19.0. The van der Waals surface area contributed by atoms with Crippen LogP contribution in [0.25, 0.3) is 0 Å². The van der Waals surface area contributed by atoms with Crippen molar-refractivity contribution in [2.75, 3.05) is 11.9 Å². The van der Waals surface area contributed by atoms with E-state index in [0.29, 0.717) is 19.4 Å². The highest BCUT2D eigenvalue weighted by Crippen LogP contribution is 2.11. The number of rotatable bonds is 7. The lowest BCUT2D eigenvalue weighted by atomic mass is 10.1. The summed E-state index contributed by atoms with van der Waals surface area (Å²) in [6.07, 6.45) is 2.62. The lowest BCUT2D eigenvalue weighted by Gasteiger charge is -2.19. The number of benzene rings is 1. The molecule has 0 saturated heterocycles. The van der Waals surface area contributed by atoms with E-state index in [1.165, 1.54) is 5.56 Å². The van der Waals surface area contributed by atoms with Crippen LogP contribution in [-0.4, -0.2) is 24.1 Å². The number of anilines is 1. The van der Waals surface area contributed by atoms with Crippen molar-refractivity contribution in [1.29, 1.82) is 0 Å². The van der Waals surface area contributed by atoms with E-state index in [1.54, 1.807) is 0 Å². The van der Waals surface area contributed by atoms with Gasteiger partial charge in [-0.25, -0.2) is 4.79 Å². The molecule has 5 heteroatoms. The van der Waals surface area contributed by atoms with Gasteiger partial charge >= 0.3 is 6.09 Å². The monoisotopic (exact) mass is 320 g/mol. The van der Waals surface area contributed by atoms with Gasteiger partial charge in [0.05, 0.1) is 0 Å². The summed E-state index contributed by atoms with van der Waals surface area (Å²) >= 11 is 0. The van der Waals surface area contributed by atoms with Gasteiger partial charge in [-0.2, -0.15) is 0 Å². The van der Waals surface area contributed by atoms with Gasteiger partial charge < -0.3 is 15.4 Å². The third kappa shape index (κ3) is 8.86. The standard InChI is InChI=1S/C18H28N2O3/c1-5-7-14-9-11-15(12-10-14)20-16(21)8-6-13-19-17(22)23-18(2,3)4/h9-12H,5-8,13H2,1-4H3,(H,19,22)(H,20,21). The van der Waals surface area contributed by atoms with Gasteiger partial charge in [-0.1, -0.05) is 25.5 Å². The van der Waals surface area contributed by atoms with Crippen molar-refractivity contribution in [1.82, 2.24) is 5.32 Å². The molecule has 0 aliphatic carbocycles. The van der Waals surface area contributed by atoms with Gasteiger partial charge in [-0.15, -0.1) is 0 Å². The second-order valence-corrected chi connectivity index (χ2v) is 6.53. The van der Waals surface area contributed by atoms with Crippen LogP contribution < -0.4 is 10.6 Å². The molecule has 0 radical (unpaired) electrons. The van der Waals surface area contributed by atoms with E-state index in [0.717, 1.165) is 18.5 Å². The van der Waals surface area contributed by atoms with Gasteiger partial charge in [-0.05, 0) is 51.3 Å². The quantitative estimate of drug-likeness (QED) is 0.749. The van der Waals surface area contributed by atoms with Crippen LogP contribution in [0.4, 0.5) is 10.5 Å². The molecule has 1 aromatic rings. The highest BCUT2D eigenvalue weighted by Gasteiger charge is 2.15. The van der Waals surface area contributed by atoms with Gasteiger partial charge in [0.15, 0.2) is 0 Å². The number of amides is 2. The van der Waals surface area contributed by atoms with E-state index in [9.17, 15) is 9.59 Å². The van der Waals surface area contributed by atoms with E-state index < -0.39 is 11.7 Å². The van der Waals surface area contributed by atoms with Gasteiger partial charge in [0.1, 0.15) is 5.60 Å². The molecule has 0 heterocycles. The molecule has 1 rings (SSSR count). The average Bonchev–Trinajstić information content (AvgIpc) is 2.44. The average molecular weight is 320 g/mol. The van der Waals surface area contributed by atoms with Crippen LogP contribution >= 0.6 is 0 Å². The predicted octanol–water partition coefficient (Wildman–Crippen LogP) is 3.88. The Labute approximate surface area is 138 Å². The fraction of sp³-hybridized carbons (Fsp3) is 0.556. The molecule has 0 aromatic heterocycles. The van der Waals surface area contributed by atoms with Crippen LogP contribution in [0.3, 0.4) is 0 Å². The normalized spacial score (nSPS) is 11.0. The summed E-state index contributed by atoms with van der Waals surface area (Å²) in [7, 11) is 0. The molecule has 5 nitrogen and oxygen atoms in total. The molecule has 0 spiro atoms. The molecule has 0 fully saturated rings. The first-order valence-electron chi connectivity index (χ1n) is 8.16. The maximum absolute atomic E-state index is 11.8. The molecule has 128 valence electrons. The first-order chi connectivity index (χ1) is 10.8. The van der Waals surface area contributed by atoms with E-state index in [-0.39, 0.29) is 5.91 Å². The molecule has 2 N–H and O–H groups in total. The van der Waals surface area contributed by atoms with Crippen molar-refractivity contribution in [3.63, 3.8) is 0 Å². The van der Waals surface area contributed by atoms with Crippen molar-refractivity contribution in [2.45, 2.75) is 59.0 Å². The molecule has 0 bridgehead atoms. The van der Waals surface area contributed by atoms with Gasteiger partial charge in [0, 0.05) is 18.7 Å². The molecule has 1 aromatic carbocycles. The maximum Gasteiger partial charge on any atom is 0.407 e. The SMILES string of the molecule is CCCc1ccc(NC(=O)CCCNC(=O)OC(C)(C)C)cc1. The Bertz CT molecular complexity index is 504. The Balaban J connectivity index is 2.23. The Morgan fingerprint density at radius 2 is 1.78 bits per heavy atom. The smallest absolute Gasteiger partial charge is 0.407 e. The Morgan fingerprint density at radius 1 is 1.13 bits per heavy atom. The van der Waals surface area contributed by atoms with Crippen molar-refractivity contribution in [3.05, 3.63) is 29.8 Å². The number of hydrogen-bond donors (Lipinski definition) is 2. The summed E-state index contributed by atoms with van der Waals surface area (Å²) in [5, 5.41) is 5.49. The van der Waals surface area contributed by atoms with Crippen molar-refractivity contribution in [2.24, 2.45) is 0 Å². The largest absolute Gasteiger partial charge is 0.444 e. The second-order valence-electron chi connectivity index (χ2n) is 6.53. The van der Waals surface area contributed by atoms with E-state index in [2.05, 4.69) is 17.6 Å². The van der Waals surface area contributed by atoms with Crippen LogP contribution in [0.5, 0.6) is 0 Å². The van der Waals surface area contributed by atoms with Gasteiger partial charge in [0.25, 0.3) is 0 Å². The van der Waals surface area contributed by atoms with Crippen LogP contribution in [0, 0.1) is 0 Å². The van der Waals surface area contributed by atoms with Crippen molar-refractivity contribution < 1.29 is 14.3 Å². The fourth-order valence-corrected chi connectivity index (χ4v) is 2.02. The lowest BCUT2D eigenvalue weighted by Crippen LogP contribution is -2.33. The highest BCUT2D eigenvalue weighted by atomic mass is 16.6. The number of alkyl carbamates (subject to hydrolysis) is 1. The van der Waals surface area contributed by atoms with Crippen molar-refractivity contribution in [3.8, 4) is 0 Å². The number of carbonyl (C=O) groups is 2. The molecule has 0 saturated carbocycles. The molecule has 0 aliphatic heterocycles. The highest BCUT2D eigenvalue weighted by molar-refractivity contribution is 5.90. The lowest BCUT2D eigenvalue weighted by molar-refractivity contribution is -0.116. The second kappa shape index (κ2) is 9.18. The predicted molar refractivity (Wildman–Crippen MR) is 92.5 cm³/mol. The number of carbonyl (C=O) groups excluding carboxylic acids is 2. The topological polar surface area (TPSA) is 67.4 Å². The maximum atomic E-state index is 11.8. The first-order valence-corrected chi connectivity index (χ1v) is 8.16. The minimum Gasteiger partial charge on any atom is -0.444 e. The van der Waals surface area contributed by atoms with Crippen LogP contribution in [-0.2, 0) is 16.0 Å². The minimum atomic E-state index is -0.509. The summed E-state index contributed by atoms with van der Waals surface area (Å²) in [5.74, 6) is -0.0563. The summed E-state index contributed by atoms with van der Waals surface area (Å²) in [5.41, 5.74) is 1.56. The van der Waals surface area contributed by atoms with E-state index >= 15 is 0 Å². The number of aryl methyl sites for hydroxylation is 1. The summed E-state index contributed by atoms with van der Waals surface area (Å²) in [4.78, 5) is 23.3. The Hall–Kier alpha value is -2.04. The van der Waals surface area contributed by atoms with Crippen molar-refractivity contribution >= 4 is 17.7 Å². The van der Waals surface area contributed by atoms with Gasteiger partial charge in [-0.3, -0.25) is 4.79 Å². The van der Waals surface area contributed by atoms with Crippen LogP contribution in [0.1, 0.15) is 52.5 Å². The number of ether oxygens (including phenoxy) is 1. The van der Waals surface area contributed by atoms with E-state index in [1.807, 2.05) is 45.0 Å². The van der Waals surface area contributed by atoms with Crippen LogP contribution in [0.2, 0.25) is 0 Å². The zero-order valence-corrected chi connectivity index (χ0v) is 14.6. The molecule has 0 unspecified atom stereocenters. The van der Waals surface area contributed by atoms with Gasteiger partial charge in [0.2, 0.25) is 5.91 Å². The molecule has 0 atom stereocenters. The zero-order chi connectivity index (χ0) is 17.3. The minimum absolute atomic E-state index is 0.0563. The number of hydrogen-bond acceptors (Lipinski definition) is 3. The molecular formula is C18H28N2O3.